The molecule has 13 heteroatoms. The molecule has 0 N–H and O–H groups in total. The van der Waals surface area contributed by atoms with E-state index in [2.05, 4.69) is 81.6 Å². The summed E-state index contributed by atoms with van der Waals surface area (Å²) in [6.45, 7) is 6.26. The quantitative estimate of drug-likeness (QED) is 0.142. The van der Waals surface area contributed by atoms with Gasteiger partial charge in [-0.2, -0.15) is 0 Å². The number of fused-ring (bicyclic) bond motifs is 2. The molecule has 316 valence electrons. The number of aryl methyl sites for hydroxylation is 2. The Labute approximate surface area is 381 Å². The van der Waals surface area contributed by atoms with Gasteiger partial charge in [-0.05, 0) is 123 Å². The van der Waals surface area contributed by atoms with Gasteiger partial charge in [0.25, 0.3) is 0 Å². The molecule has 0 spiro atoms. The van der Waals surface area contributed by atoms with Crippen molar-refractivity contribution in [3.05, 3.63) is 116 Å². The van der Waals surface area contributed by atoms with Crippen LogP contribution < -0.4 is 0 Å². The van der Waals surface area contributed by atoms with E-state index in [9.17, 15) is 9.59 Å². The van der Waals surface area contributed by atoms with Gasteiger partial charge < -0.3 is 28.7 Å². The van der Waals surface area contributed by atoms with Crippen LogP contribution in [0.4, 0.5) is 0 Å². The first-order chi connectivity index (χ1) is 29.4. The number of hydrogen-bond donors (Lipinski definition) is 0. The van der Waals surface area contributed by atoms with Crippen molar-refractivity contribution in [1.82, 2.24) is 28.7 Å². The molecular weight excluding hydrogens is 866 g/mol. The van der Waals surface area contributed by atoms with E-state index in [1.807, 2.05) is 48.4 Å². The summed E-state index contributed by atoms with van der Waals surface area (Å²) >= 11 is 30.3. The minimum atomic E-state index is -0.0667. The van der Waals surface area contributed by atoms with Gasteiger partial charge in [0.1, 0.15) is 0 Å². The Morgan fingerprint density at radius 3 is 1.38 bits per heavy atom. The third-order valence-corrected chi connectivity index (χ3v) is 15.0. The van der Waals surface area contributed by atoms with Crippen LogP contribution in [0.2, 0.25) is 20.1 Å². The first-order valence-corrected chi connectivity index (χ1v) is 22.8. The Morgan fingerprint density at radius 1 is 0.525 bits per heavy atom. The van der Waals surface area contributed by atoms with Crippen molar-refractivity contribution in [2.45, 2.75) is 22.6 Å². The van der Waals surface area contributed by atoms with Crippen molar-refractivity contribution in [3.63, 3.8) is 0 Å². The molecule has 2 amide bonds. The number of benzene rings is 4. The average Bonchev–Trinajstić information content (AvgIpc) is 3.62. The molecule has 2 aliphatic heterocycles. The summed E-state index contributed by atoms with van der Waals surface area (Å²) in [5.74, 6) is -0.133. The molecule has 0 saturated carbocycles. The van der Waals surface area contributed by atoms with E-state index in [1.54, 1.807) is 24.3 Å². The third kappa shape index (κ3) is 9.30. The zero-order chi connectivity index (χ0) is 42.9. The van der Waals surface area contributed by atoms with Crippen LogP contribution in [0.25, 0.3) is 56.2 Å². The second-order valence-electron chi connectivity index (χ2n) is 16.1. The van der Waals surface area contributed by atoms with Crippen LogP contribution >= 0.6 is 58.2 Å². The molecule has 0 unspecified atom stereocenters. The molecule has 2 saturated heterocycles. The van der Waals surface area contributed by atoms with Gasteiger partial charge in [-0.15, -0.1) is 0 Å². The smallest absolute Gasteiger partial charge is 0.246 e. The van der Waals surface area contributed by atoms with E-state index in [4.69, 9.17) is 46.4 Å². The number of rotatable bonds is 8. The maximum absolute atomic E-state index is 13.6. The van der Waals surface area contributed by atoms with E-state index in [1.165, 1.54) is 11.8 Å². The second-order valence-corrected chi connectivity index (χ2v) is 18.7. The summed E-state index contributed by atoms with van der Waals surface area (Å²) in [4.78, 5) is 36.7. The minimum absolute atomic E-state index is 0.0667. The predicted octanol–water partition coefficient (Wildman–Crippen LogP) is 11.1. The number of nitrogens with zero attached hydrogens (tertiary/aromatic N) is 6. The lowest BCUT2D eigenvalue weighted by atomic mass is 9.97. The lowest BCUT2D eigenvalue weighted by Crippen LogP contribution is -2.33. The van der Waals surface area contributed by atoms with Crippen LogP contribution in [0.15, 0.2) is 95.0 Å². The van der Waals surface area contributed by atoms with Crippen molar-refractivity contribution < 1.29 is 9.59 Å². The number of likely N-dealkylation sites (N-methyl/N-ethyl adjacent to an activating group) is 2. The summed E-state index contributed by atoms with van der Waals surface area (Å²) < 4.78 is 4.16. The highest BCUT2D eigenvalue weighted by Gasteiger charge is 2.23. The minimum Gasteiger partial charge on any atom is -0.351 e. The van der Waals surface area contributed by atoms with E-state index >= 15 is 0 Å². The fraction of sp³-hybridized carbons (Fsp3) is 0.292. The summed E-state index contributed by atoms with van der Waals surface area (Å²) in [6, 6.07) is 20.7. The fourth-order valence-corrected chi connectivity index (χ4v) is 10.4. The van der Waals surface area contributed by atoms with E-state index in [0.29, 0.717) is 67.2 Å². The first-order valence-electron chi connectivity index (χ1n) is 20.5. The molecule has 8 rings (SSSR count). The monoisotopic (exact) mass is 912 g/mol. The molecule has 0 aliphatic carbocycles. The topological polar surface area (TPSA) is 57.0 Å². The zero-order valence-electron chi connectivity index (χ0n) is 34.7. The molecule has 4 heterocycles. The van der Waals surface area contributed by atoms with Crippen molar-refractivity contribution >= 4 is 104 Å². The van der Waals surface area contributed by atoms with Crippen molar-refractivity contribution in [1.29, 1.82) is 0 Å². The van der Waals surface area contributed by atoms with Gasteiger partial charge in [0, 0.05) is 121 Å². The average molecular weight is 915 g/mol. The fourth-order valence-electron chi connectivity index (χ4n) is 8.26. The molecule has 61 heavy (non-hydrogen) atoms. The molecule has 6 aromatic rings. The molecule has 2 fully saturated rings. The Morgan fingerprint density at radius 2 is 0.951 bits per heavy atom. The van der Waals surface area contributed by atoms with Gasteiger partial charge in [0.2, 0.25) is 11.8 Å². The van der Waals surface area contributed by atoms with Crippen LogP contribution in [0.5, 0.6) is 0 Å². The number of carbonyl (C=O) groups is 2. The molecule has 4 aromatic carbocycles. The highest BCUT2D eigenvalue weighted by molar-refractivity contribution is 7.99. The van der Waals surface area contributed by atoms with Gasteiger partial charge in [-0.3, -0.25) is 9.59 Å². The van der Waals surface area contributed by atoms with Crippen molar-refractivity contribution in [2.75, 3.05) is 66.5 Å². The normalized spacial score (nSPS) is 16.1. The van der Waals surface area contributed by atoms with Crippen LogP contribution in [0, 0.1) is 0 Å². The van der Waals surface area contributed by atoms with Gasteiger partial charge in [0.15, 0.2) is 0 Å². The van der Waals surface area contributed by atoms with Crippen molar-refractivity contribution in [2.24, 2.45) is 14.1 Å². The first kappa shape index (κ1) is 43.5. The zero-order valence-corrected chi connectivity index (χ0v) is 38.6. The molecule has 0 atom stereocenters. The summed E-state index contributed by atoms with van der Waals surface area (Å²) in [7, 11) is 8.20. The third-order valence-electron chi connectivity index (χ3n) is 11.9. The lowest BCUT2D eigenvalue weighted by Gasteiger charge is -2.20. The summed E-state index contributed by atoms with van der Waals surface area (Å²) in [5, 5.41) is 3.45. The summed E-state index contributed by atoms with van der Waals surface area (Å²) in [5.41, 5.74) is 6.95. The van der Waals surface area contributed by atoms with Crippen LogP contribution in [-0.4, -0.2) is 107 Å². The maximum Gasteiger partial charge on any atom is 0.246 e. The number of aromatic nitrogens is 2. The molecular formula is C48H48Cl4N6O2S. The van der Waals surface area contributed by atoms with Crippen molar-refractivity contribution in [3.8, 4) is 22.3 Å². The highest BCUT2D eigenvalue weighted by atomic mass is 35.5. The van der Waals surface area contributed by atoms with Gasteiger partial charge in [-0.25, -0.2) is 0 Å². The lowest BCUT2D eigenvalue weighted by molar-refractivity contribution is -0.126. The number of carbonyl (C=O) groups excluding carboxylic acids is 2. The largest absolute Gasteiger partial charge is 0.351 e. The Hall–Kier alpha value is -4.19. The van der Waals surface area contributed by atoms with Gasteiger partial charge in [0.05, 0.1) is 20.1 Å². The summed E-state index contributed by atoms with van der Waals surface area (Å²) in [6.07, 6.45) is 12.7. The number of halogens is 4. The number of hydrogen-bond acceptors (Lipinski definition) is 5. The molecule has 2 aromatic heterocycles. The highest BCUT2D eigenvalue weighted by Crippen LogP contribution is 2.49. The van der Waals surface area contributed by atoms with E-state index in [-0.39, 0.29) is 11.8 Å². The standard InChI is InChI=1S/C48H48Cl4N6O2S/c1-53-17-5-19-57(25-23-53)43(59)13-9-35-37(31-7-11-39-33(27-31)15-21-55(39)3)29-41(47(51)45(35)49)61-42-30-38(32-8-12-40-34(28-32)16-22-56(40)4)36(46(50)48(42)52)10-14-44(60)58-20-6-18-54(2)24-26-58/h7-16,21-22,27-30H,5-6,17-20,23-26H2,1-4H3/b13-9+,14-10+. The molecule has 8 nitrogen and oxygen atoms in total. The predicted molar refractivity (Wildman–Crippen MR) is 256 cm³/mol. The van der Waals surface area contributed by atoms with Crippen LogP contribution in [0.1, 0.15) is 24.0 Å². The Kier molecular flexibility index (Phi) is 13.3. The second kappa shape index (κ2) is 18.7. The van der Waals surface area contributed by atoms with E-state index in [0.717, 1.165) is 83.1 Å². The van der Waals surface area contributed by atoms with Gasteiger partial charge >= 0.3 is 0 Å². The molecule has 0 bridgehead atoms. The Balaban J connectivity index is 1.21. The molecule has 2 aliphatic rings. The van der Waals surface area contributed by atoms with Gasteiger partial charge in [-0.1, -0.05) is 70.3 Å². The maximum atomic E-state index is 13.6. The van der Waals surface area contributed by atoms with Crippen LogP contribution in [-0.2, 0) is 23.7 Å². The molecule has 0 radical (unpaired) electrons. The Bertz CT molecular complexity index is 2540. The van der Waals surface area contributed by atoms with Crippen LogP contribution in [0.3, 0.4) is 0 Å². The SMILES string of the molecule is CN1CCCN(C(=O)/C=C/c2c(-c3ccc4c(ccn4C)c3)cc(Sc3cc(-c4ccc5c(ccn5C)c4)c(/C=C/C(=O)N4CCCN(C)CC4)c(Cl)c3Cl)c(Cl)c2Cl)CC1. The number of amides is 2. The van der Waals surface area contributed by atoms with E-state index < -0.39 is 0 Å².